The number of carbonyl (C=O) groups is 2. The summed E-state index contributed by atoms with van der Waals surface area (Å²) in [5.41, 5.74) is 2.05. The van der Waals surface area contributed by atoms with Gasteiger partial charge in [-0.05, 0) is 49.2 Å². The maximum atomic E-state index is 13.0. The van der Waals surface area contributed by atoms with E-state index in [1.165, 1.54) is 0 Å². The summed E-state index contributed by atoms with van der Waals surface area (Å²) in [7, 11) is 1.80. The van der Waals surface area contributed by atoms with Crippen LogP contribution in [0.3, 0.4) is 0 Å². The minimum atomic E-state index is -0.624. The minimum absolute atomic E-state index is 0.0695. The largest absolute Gasteiger partial charge is 0.494 e. The molecule has 27 heavy (non-hydrogen) atoms. The number of hydrogen-bond donors (Lipinski definition) is 1. The Morgan fingerprint density at radius 1 is 1.19 bits per heavy atom. The third-order valence-corrected chi connectivity index (χ3v) is 5.47. The van der Waals surface area contributed by atoms with Gasteiger partial charge in [0.1, 0.15) is 5.75 Å². The Labute approximate surface area is 158 Å². The molecule has 6 nitrogen and oxygen atoms in total. The Balaban J connectivity index is 1.49. The number of para-hydroxylation sites is 1. The van der Waals surface area contributed by atoms with Gasteiger partial charge in [-0.1, -0.05) is 18.2 Å². The lowest BCUT2D eigenvalue weighted by molar-refractivity contribution is -0.122. The highest BCUT2D eigenvalue weighted by Crippen LogP contribution is 2.46. The van der Waals surface area contributed by atoms with Crippen molar-refractivity contribution in [1.82, 2.24) is 4.90 Å². The molecule has 1 fully saturated rings. The molecule has 1 atom stereocenters. The number of carbonyl (C=O) groups excluding carboxylic acids is 2. The lowest BCUT2D eigenvalue weighted by atomic mass is 9.81. The molecule has 1 N–H and O–H groups in total. The summed E-state index contributed by atoms with van der Waals surface area (Å²) in [4.78, 5) is 29.1. The van der Waals surface area contributed by atoms with Gasteiger partial charge in [0.25, 0.3) is 0 Å². The smallest absolute Gasteiger partial charge is 0.321 e. The van der Waals surface area contributed by atoms with Gasteiger partial charge in [-0.2, -0.15) is 0 Å². The van der Waals surface area contributed by atoms with E-state index in [2.05, 4.69) is 5.32 Å². The zero-order valence-electron chi connectivity index (χ0n) is 15.6. The van der Waals surface area contributed by atoms with E-state index >= 15 is 0 Å². The number of fused-ring (bicyclic) bond motifs is 2. The second-order valence-electron chi connectivity index (χ2n) is 7.02. The average Bonchev–Trinajstić information content (AvgIpc) is 3.22. The van der Waals surface area contributed by atoms with Crippen molar-refractivity contribution in [3.05, 3.63) is 54.1 Å². The van der Waals surface area contributed by atoms with Gasteiger partial charge < -0.3 is 19.9 Å². The Kier molecular flexibility index (Phi) is 4.26. The van der Waals surface area contributed by atoms with E-state index in [9.17, 15) is 9.59 Å². The first kappa shape index (κ1) is 17.4. The van der Waals surface area contributed by atoms with Gasteiger partial charge in [0.15, 0.2) is 0 Å². The number of urea groups is 1. The van der Waals surface area contributed by atoms with Crippen molar-refractivity contribution in [3.63, 3.8) is 0 Å². The first-order chi connectivity index (χ1) is 13.0. The van der Waals surface area contributed by atoms with Crippen LogP contribution in [-0.4, -0.2) is 43.6 Å². The lowest BCUT2D eigenvalue weighted by Gasteiger charge is -2.23. The molecule has 6 heteroatoms. The number of likely N-dealkylation sites (N-methyl/N-ethyl adjacent to an activating group) is 1. The Hall–Kier alpha value is -3.02. The van der Waals surface area contributed by atoms with Crippen LogP contribution in [0.1, 0.15) is 18.9 Å². The quantitative estimate of drug-likeness (QED) is 0.908. The predicted molar refractivity (Wildman–Crippen MR) is 104 cm³/mol. The van der Waals surface area contributed by atoms with Crippen molar-refractivity contribution >= 4 is 23.3 Å². The predicted octanol–water partition coefficient (Wildman–Crippen LogP) is 3.24. The fraction of sp³-hybridized carbons (Fsp3) is 0.333. The highest BCUT2D eigenvalue weighted by Gasteiger charge is 2.54. The fourth-order valence-electron chi connectivity index (χ4n) is 4.10. The number of amides is 3. The topological polar surface area (TPSA) is 61.9 Å². The minimum Gasteiger partial charge on any atom is -0.494 e. The van der Waals surface area contributed by atoms with Crippen molar-refractivity contribution in [3.8, 4) is 5.75 Å². The van der Waals surface area contributed by atoms with E-state index in [-0.39, 0.29) is 11.9 Å². The average molecular weight is 365 g/mol. The number of ether oxygens (including phenoxy) is 1. The number of likely N-dealkylation sites (tertiary alicyclic amines) is 1. The second-order valence-corrected chi connectivity index (χ2v) is 7.02. The molecule has 2 aliphatic rings. The lowest BCUT2D eigenvalue weighted by Crippen LogP contribution is -2.42. The second kappa shape index (κ2) is 6.61. The van der Waals surface area contributed by atoms with Gasteiger partial charge in [0.05, 0.1) is 12.0 Å². The molecular formula is C21H23N3O3. The first-order valence-electron chi connectivity index (χ1n) is 9.21. The number of nitrogens with one attached hydrogen (secondary N) is 1. The monoisotopic (exact) mass is 365 g/mol. The summed E-state index contributed by atoms with van der Waals surface area (Å²) < 4.78 is 5.42. The summed E-state index contributed by atoms with van der Waals surface area (Å²) in [5, 5.41) is 2.92. The SMILES string of the molecule is CCOc1ccc(NC(=O)N2CC[C@@]3(C2)C(=O)N(C)c2ccccc23)cc1. The molecule has 4 rings (SSSR count). The van der Waals surface area contributed by atoms with Crippen molar-refractivity contribution in [2.45, 2.75) is 18.8 Å². The first-order valence-corrected chi connectivity index (χ1v) is 9.21. The summed E-state index contributed by atoms with van der Waals surface area (Å²) >= 11 is 0. The molecular weight excluding hydrogens is 342 g/mol. The van der Waals surface area contributed by atoms with Crippen LogP contribution in [0, 0.1) is 0 Å². The van der Waals surface area contributed by atoms with Gasteiger partial charge in [0.2, 0.25) is 5.91 Å². The molecule has 0 aromatic heterocycles. The van der Waals surface area contributed by atoms with E-state index < -0.39 is 5.41 Å². The number of hydrogen-bond acceptors (Lipinski definition) is 3. The third kappa shape index (κ3) is 2.81. The van der Waals surface area contributed by atoms with Crippen molar-refractivity contribution in [2.24, 2.45) is 0 Å². The molecule has 140 valence electrons. The van der Waals surface area contributed by atoms with Crippen LogP contribution in [0.15, 0.2) is 48.5 Å². The number of rotatable bonds is 3. The van der Waals surface area contributed by atoms with Crippen LogP contribution in [0.5, 0.6) is 5.75 Å². The zero-order valence-corrected chi connectivity index (χ0v) is 15.6. The molecule has 1 spiro atoms. The maximum absolute atomic E-state index is 13.0. The highest BCUT2D eigenvalue weighted by molar-refractivity contribution is 6.08. The molecule has 0 radical (unpaired) electrons. The third-order valence-electron chi connectivity index (χ3n) is 5.47. The number of anilines is 2. The van der Waals surface area contributed by atoms with Gasteiger partial charge in [-0.3, -0.25) is 4.79 Å². The highest BCUT2D eigenvalue weighted by atomic mass is 16.5. The number of benzene rings is 2. The van der Waals surface area contributed by atoms with E-state index in [0.29, 0.717) is 31.8 Å². The van der Waals surface area contributed by atoms with Gasteiger partial charge in [0, 0.05) is 31.5 Å². The Morgan fingerprint density at radius 3 is 2.67 bits per heavy atom. The van der Waals surface area contributed by atoms with Gasteiger partial charge >= 0.3 is 6.03 Å². The van der Waals surface area contributed by atoms with E-state index in [4.69, 9.17) is 4.74 Å². The summed E-state index contributed by atoms with van der Waals surface area (Å²) in [5.74, 6) is 0.840. The summed E-state index contributed by atoms with van der Waals surface area (Å²) in [6.07, 6.45) is 0.643. The zero-order chi connectivity index (χ0) is 19.0. The summed E-state index contributed by atoms with van der Waals surface area (Å²) in [6.45, 7) is 3.48. The number of nitrogens with zero attached hydrogens (tertiary/aromatic N) is 2. The Bertz CT molecular complexity index is 880. The van der Waals surface area contributed by atoms with Crippen molar-refractivity contribution in [1.29, 1.82) is 0 Å². The van der Waals surface area contributed by atoms with Crippen molar-refractivity contribution < 1.29 is 14.3 Å². The van der Waals surface area contributed by atoms with Crippen LogP contribution in [0.2, 0.25) is 0 Å². The summed E-state index contributed by atoms with van der Waals surface area (Å²) in [6, 6.07) is 15.0. The molecule has 0 unspecified atom stereocenters. The van der Waals surface area contributed by atoms with Crippen LogP contribution in [0.4, 0.5) is 16.2 Å². The standard InChI is InChI=1S/C21H23N3O3/c1-3-27-16-10-8-15(9-11-16)22-20(26)24-13-12-21(14-24)17-6-4-5-7-18(17)23(2)19(21)25/h4-11H,3,12-14H2,1-2H3,(H,22,26)/t21-/m0/s1. The van der Waals surface area contributed by atoms with Crippen LogP contribution < -0.4 is 15.0 Å². The van der Waals surface area contributed by atoms with E-state index in [1.54, 1.807) is 16.8 Å². The van der Waals surface area contributed by atoms with Gasteiger partial charge in [-0.15, -0.1) is 0 Å². The van der Waals surface area contributed by atoms with E-state index in [1.807, 2.05) is 55.5 Å². The van der Waals surface area contributed by atoms with Crippen LogP contribution in [-0.2, 0) is 10.2 Å². The molecule has 2 aromatic carbocycles. The maximum Gasteiger partial charge on any atom is 0.321 e. The molecule has 3 amide bonds. The van der Waals surface area contributed by atoms with Crippen molar-refractivity contribution in [2.75, 3.05) is 37.0 Å². The normalized spacial score (nSPS) is 20.9. The van der Waals surface area contributed by atoms with Crippen LogP contribution >= 0.6 is 0 Å². The Morgan fingerprint density at radius 2 is 1.93 bits per heavy atom. The molecule has 2 aromatic rings. The fourth-order valence-corrected chi connectivity index (χ4v) is 4.10. The molecule has 0 bridgehead atoms. The van der Waals surface area contributed by atoms with Gasteiger partial charge in [-0.25, -0.2) is 4.79 Å². The molecule has 0 saturated carbocycles. The molecule has 2 aliphatic heterocycles. The molecule has 0 aliphatic carbocycles. The molecule has 1 saturated heterocycles. The molecule has 2 heterocycles. The van der Waals surface area contributed by atoms with Crippen LogP contribution in [0.25, 0.3) is 0 Å². The van der Waals surface area contributed by atoms with E-state index in [0.717, 1.165) is 17.0 Å².